The lowest BCUT2D eigenvalue weighted by Crippen LogP contribution is -2.46. The molecule has 1 aromatic rings. The number of methoxy groups -OCH3 is 1. The van der Waals surface area contributed by atoms with Crippen molar-refractivity contribution in [2.45, 2.75) is 94.9 Å². The molecule has 0 aromatic heterocycles. The van der Waals surface area contributed by atoms with E-state index in [1.807, 2.05) is 6.92 Å². The van der Waals surface area contributed by atoms with E-state index >= 15 is 0 Å². The number of anilines is 2. The minimum Gasteiger partial charge on any atom is -0.469 e. The number of nitrogens with one attached hydrogen (secondary N) is 1. The Kier molecular flexibility index (Phi) is 10.0. The van der Waals surface area contributed by atoms with Crippen molar-refractivity contribution in [3.05, 3.63) is 23.8 Å². The molecule has 4 rings (SSSR count). The molecule has 1 aromatic carbocycles. The van der Waals surface area contributed by atoms with E-state index in [0.717, 1.165) is 12.8 Å². The highest BCUT2D eigenvalue weighted by Gasteiger charge is 2.66. The van der Waals surface area contributed by atoms with Crippen LogP contribution in [0.15, 0.2) is 18.2 Å². The summed E-state index contributed by atoms with van der Waals surface area (Å²) in [5.41, 5.74) is -0.507. The number of rotatable bonds is 11. The fraction of sp³-hybridized carbons (Fsp3) is 0.667. The first kappa shape index (κ1) is 33.1. The third-order valence-corrected chi connectivity index (χ3v) is 11.7. The van der Waals surface area contributed by atoms with Crippen LogP contribution < -0.4 is 10.2 Å². The lowest BCUT2D eigenvalue weighted by atomic mass is 9.82. The molecule has 238 valence electrons. The Hall–Kier alpha value is -2.84. The van der Waals surface area contributed by atoms with Gasteiger partial charge in [0.05, 0.1) is 38.0 Å². The van der Waals surface area contributed by atoms with E-state index < -0.39 is 43.5 Å². The van der Waals surface area contributed by atoms with Gasteiger partial charge in [-0.1, -0.05) is 6.92 Å². The van der Waals surface area contributed by atoms with Crippen molar-refractivity contribution in [1.82, 2.24) is 4.90 Å². The molecule has 0 unspecified atom stereocenters. The Balaban J connectivity index is 1.72. The molecule has 0 aliphatic carbocycles. The number of amides is 3. The molecule has 2 fully saturated rings. The summed E-state index contributed by atoms with van der Waals surface area (Å²) < 4.78 is 11.5. The second-order valence-corrected chi connectivity index (χ2v) is 16.5. The van der Waals surface area contributed by atoms with Gasteiger partial charge in [0.2, 0.25) is 5.91 Å². The Morgan fingerprint density at radius 1 is 1.26 bits per heavy atom. The van der Waals surface area contributed by atoms with Gasteiger partial charge >= 0.3 is 5.97 Å². The highest BCUT2D eigenvalue weighted by molar-refractivity contribution is 6.71. The van der Waals surface area contributed by atoms with E-state index in [1.54, 1.807) is 41.1 Å². The minimum absolute atomic E-state index is 0.0373. The predicted molar refractivity (Wildman–Crippen MR) is 161 cm³/mol. The van der Waals surface area contributed by atoms with Crippen LogP contribution in [0.25, 0.3) is 0 Å². The molecule has 2 saturated heterocycles. The first-order valence-corrected chi connectivity index (χ1v) is 18.1. The van der Waals surface area contributed by atoms with Crippen LogP contribution in [0.1, 0.15) is 57.9 Å². The molecule has 3 heterocycles. The van der Waals surface area contributed by atoms with Crippen LogP contribution >= 0.6 is 0 Å². The third kappa shape index (κ3) is 6.37. The van der Waals surface area contributed by atoms with Crippen LogP contribution in [0.5, 0.6) is 0 Å². The fourth-order valence-corrected chi connectivity index (χ4v) is 9.66. The Morgan fingerprint density at radius 3 is 2.60 bits per heavy atom. The van der Waals surface area contributed by atoms with Crippen molar-refractivity contribution in [3.63, 3.8) is 0 Å². The molecule has 4 N–H and O–H groups in total. The van der Waals surface area contributed by atoms with E-state index in [1.165, 1.54) is 14.0 Å². The van der Waals surface area contributed by atoms with Gasteiger partial charge in [-0.2, -0.15) is 0 Å². The van der Waals surface area contributed by atoms with Crippen LogP contribution in [0.4, 0.5) is 11.4 Å². The maximum absolute atomic E-state index is 14.5. The number of fused-ring (bicyclic) bond motifs is 2. The highest BCUT2D eigenvalue weighted by Crippen LogP contribution is 2.60. The van der Waals surface area contributed by atoms with Crippen molar-refractivity contribution in [2.75, 3.05) is 37.0 Å². The Labute approximate surface area is 253 Å². The molecule has 3 amide bonds. The maximum atomic E-state index is 14.5. The number of aliphatic hydroxyl groups is 2. The van der Waals surface area contributed by atoms with Crippen molar-refractivity contribution in [2.24, 2.45) is 5.92 Å². The summed E-state index contributed by atoms with van der Waals surface area (Å²) in [4.78, 5) is 66.7. The number of aliphatic hydroxyl groups excluding tert-OH is 2. The van der Waals surface area contributed by atoms with Crippen LogP contribution in [0, 0.1) is 5.92 Å². The summed E-state index contributed by atoms with van der Waals surface area (Å²) in [6.07, 6.45) is 0.733. The van der Waals surface area contributed by atoms with Gasteiger partial charge in [-0.25, -0.2) is 0 Å². The lowest BCUT2D eigenvalue weighted by molar-refractivity contribution is -0.150. The fourth-order valence-electron chi connectivity index (χ4n) is 7.11. The monoisotopic (exact) mass is 619 g/mol. The Bertz CT molecular complexity index is 1240. The van der Waals surface area contributed by atoms with E-state index in [0.29, 0.717) is 42.9 Å². The smallest absolute Gasteiger partial charge is 0.305 e. The number of likely N-dealkylation sites (tertiary alicyclic amines) is 1. The first-order valence-electron chi connectivity index (χ1n) is 15.1. The summed E-state index contributed by atoms with van der Waals surface area (Å²) in [7, 11) is -1.69. The van der Waals surface area contributed by atoms with E-state index in [9.17, 15) is 34.2 Å². The number of hydrogen-bond donors (Lipinski definition) is 4. The number of hydrogen-bond acceptors (Lipinski definition) is 9. The first-order chi connectivity index (χ1) is 20.3. The van der Waals surface area contributed by atoms with Gasteiger partial charge in [0.1, 0.15) is 6.10 Å². The predicted octanol–water partition coefficient (Wildman–Crippen LogP) is 1.87. The molecule has 3 aliphatic heterocycles. The molecule has 0 saturated carbocycles. The largest absolute Gasteiger partial charge is 0.469 e. The number of benzene rings is 1. The average Bonchev–Trinajstić information content (AvgIpc) is 3.60. The number of ether oxygens (including phenoxy) is 2. The van der Waals surface area contributed by atoms with E-state index in [-0.39, 0.29) is 43.3 Å². The number of nitrogens with zero attached hydrogens (tertiary/aromatic N) is 2. The van der Waals surface area contributed by atoms with E-state index in [4.69, 9.17) is 9.47 Å². The van der Waals surface area contributed by atoms with Gasteiger partial charge in [0.15, 0.2) is 13.9 Å². The quantitative estimate of drug-likeness (QED) is 0.164. The van der Waals surface area contributed by atoms with Gasteiger partial charge in [-0.3, -0.25) is 19.2 Å². The van der Waals surface area contributed by atoms with Gasteiger partial charge in [0.25, 0.3) is 11.8 Å². The van der Waals surface area contributed by atoms with Crippen molar-refractivity contribution in [1.29, 1.82) is 0 Å². The maximum Gasteiger partial charge on any atom is 0.305 e. The molecule has 0 bridgehead atoms. The molecule has 12 nitrogen and oxygen atoms in total. The third-order valence-electron chi connectivity index (χ3n) is 9.16. The SMILES string of the molecule is COC(=O)CCCCN1C(=O)[C@@]2(O[C@@H](CC(=O)N3CCC[C@H]3CO)[C@H]([Si](C)(C)O)[C@H]2C)c2cc(NC(=O)[C@H](C)O)ccc21. The minimum atomic E-state index is -3.02. The molecule has 1 spiro atoms. The number of carbonyl (C=O) groups excluding carboxylic acids is 4. The average molecular weight is 620 g/mol. The van der Waals surface area contributed by atoms with Crippen LogP contribution in [0.2, 0.25) is 18.6 Å². The molecular weight excluding hydrogens is 574 g/mol. The van der Waals surface area contributed by atoms with Crippen molar-refractivity contribution >= 4 is 43.4 Å². The van der Waals surface area contributed by atoms with Crippen LogP contribution in [0.3, 0.4) is 0 Å². The standard InChI is InChI=1S/C30H45N3O9Si/c1-18-27(43(4,5)40)24(16-25(36)32-14-8-9-21(32)17-34)42-30(18)22-15-20(31-28(38)19(2)35)11-12-23(22)33(29(30)39)13-7-6-10-26(37)41-3/h11-12,15,18-19,21,24,27,34-35,40H,6-10,13-14,16-17H2,1-5H3,(H,31,38)/t18-,19+,21+,24+,27-,30+/m1/s1. The molecule has 3 aliphatic rings. The zero-order chi connectivity index (χ0) is 31.7. The summed E-state index contributed by atoms with van der Waals surface area (Å²) in [5.74, 6) is -1.95. The molecule has 0 radical (unpaired) electrons. The molecule has 6 atom stereocenters. The number of unbranched alkanes of at least 4 members (excludes halogenated alkanes) is 1. The second-order valence-electron chi connectivity index (χ2n) is 12.5. The molecular formula is C30H45N3O9Si. The lowest BCUT2D eigenvalue weighted by Gasteiger charge is -2.33. The zero-order valence-electron chi connectivity index (χ0n) is 25.7. The highest BCUT2D eigenvalue weighted by atomic mass is 28.4. The van der Waals surface area contributed by atoms with Crippen LogP contribution in [-0.2, 0) is 34.3 Å². The summed E-state index contributed by atoms with van der Waals surface area (Å²) >= 11 is 0. The zero-order valence-corrected chi connectivity index (χ0v) is 26.7. The summed E-state index contributed by atoms with van der Waals surface area (Å²) in [6.45, 7) is 7.51. The van der Waals surface area contributed by atoms with Crippen molar-refractivity contribution < 1.29 is 43.7 Å². The molecule has 43 heavy (non-hydrogen) atoms. The van der Waals surface area contributed by atoms with E-state index in [2.05, 4.69) is 5.32 Å². The van der Waals surface area contributed by atoms with Gasteiger partial charge < -0.3 is 39.6 Å². The normalized spacial score (nSPS) is 27.5. The Morgan fingerprint density at radius 2 is 1.98 bits per heavy atom. The number of esters is 1. The summed E-state index contributed by atoms with van der Waals surface area (Å²) in [6, 6.07) is 4.79. The molecule has 13 heteroatoms. The van der Waals surface area contributed by atoms with Gasteiger partial charge in [0, 0.05) is 42.2 Å². The summed E-state index contributed by atoms with van der Waals surface area (Å²) in [5, 5.41) is 22.2. The van der Waals surface area contributed by atoms with Crippen molar-refractivity contribution in [3.8, 4) is 0 Å². The number of carbonyl (C=O) groups is 4. The topological polar surface area (TPSA) is 166 Å². The van der Waals surface area contributed by atoms with Gasteiger partial charge in [-0.15, -0.1) is 0 Å². The van der Waals surface area contributed by atoms with Crippen LogP contribution in [-0.4, -0.2) is 97.0 Å². The second kappa shape index (κ2) is 13.0. The van der Waals surface area contributed by atoms with Gasteiger partial charge in [-0.05, 0) is 63.9 Å².